The second-order valence-electron chi connectivity index (χ2n) is 0.886. The molecule has 0 aliphatic carbocycles. The Morgan fingerprint density at radius 3 is 1.50 bits per heavy atom. The van der Waals surface area contributed by atoms with E-state index in [1.54, 1.807) is 0 Å². The molecule has 10 heavy (non-hydrogen) atoms. The Morgan fingerprint density at radius 2 is 1.50 bits per heavy atom. The standard InChI is InChI=1S/C2H4ClO2S.Co.3HI/c1-2-6(3,4)5;;;;/h1-2H2;;3*1H/q-1;+3;;;/p-3. The normalized spacial score (nSPS) is 11.5. The molecule has 0 aliphatic heterocycles. The number of halogens is 4. The Hall–Kier alpha value is 2.94. The van der Waals surface area contributed by atoms with Crippen LogP contribution in [0.1, 0.15) is 0 Å². The molecule has 0 N–H and O–H groups in total. The van der Waals surface area contributed by atoms with E-state index in [1.165, 1.54) is 0 Å². The van der Waals surface area contributed by atoms with Crippen LogP contribution in [0.4, 0.5) is 0 Å². The van der Waals surface area contributed by atoms with E-state index in [0.717, 1.165) is 0 Å². The topological polar surface area (TPSA) is 34.1 Å². The zero-order chi connectivity index (χ0) is 8.78. The van der Waals surface area contributed by atoms with Crippen LogP contribution in [0, 0.1) is 6.92 Å². The van der Waals surface area contributed by atoms with E-state index in [2.05, 4.69) is 78.9 Å². The Morgan fingerprint density at radius 1 is 1.40 bits per heavy atom. The van der Waals surface area contributed by atoms with Gasteiger partial charge in [-0.05, 0) is 0 Å². The summed E-state index contributed by atoms with van der Waals surface area (Å²) in [4.78, 5) is 0. The molecule has 0 bridgehead atoms. The van der Waals surface area contributed by atoms with E-state index >= 15 is 0 Å². The molecule has 0 aromatic heterocycles. The average Bonchev–Trinajstić information content (AvgIpc) is 1.63. The Bertz CT molecular complexity index is 155. The van der Waals surface area contributed by atoms with Gasteiger partial charge in [-0.25, -0.2) is 8.42 Å². The van der Waals surface area contributed by atoms with Gasteiger partial charge >= 0.3 is 65.3 Å². The van der Waals surface area contributed by atoms with Crippen LogP contribution in [0.2, 0.25) is 0 Å². The van der Waals surface area contributed by atoms with E-state index < -0.39 is 9.05 Å². The van der Waals surface area contributed by atoms with Crippen molar-refractivity contribution in [2.45, 2.75) is 0 Å². The van der Waals surface area contributed by atoms with Crippen LogP contribution in [0.5, 0.6) is 0 Å². The van der Waals surface area contributed by atoms with Crippen molar-refractivity contribution in [1.82, 2.24) is 0 Å². The van der Waals surface area contributed by atoms with Crippen molar-refractivity contribution < 1.29 is 12.4 Å². The van der Waals surface area contributed by atoms with Gasteiger partial charge in [0.15, 0.2) is 0 Å². The minimum atomic E-state index is -3.30. The fraction of sp³-hybridized carbons (Fsp3) is 0.500. The third-order valence-corrected chi connectivity index (χ3v) is 1.19. The fourth-order valence-electron chi connectivity index (χ4n) is 0. The van der Waals surface area contributed by atoms with Crippen molar-refractivity contribution in [3.63, 3.8) is 0 Å². The molecule has 68 valence electrons. The van der Waals surface area contributed by atoms with Gasteiger partial charge in [0.05, 0.1) is 0 Å². The van der Waals surface area contributed by atoms with Crippen LogP contribution < -0.4 is 0 Å². The van der Waals surface area contributed by atoms with Crippen LogP contribution in [0.3, 0.4) is 0 Å². The van der Waals surface area contributed by atoms with E-state index in [0.29, 0.717) is 4.00 Å². The number of rotatable bonds is 1. The Labute approximate surface area is 104 Å². The maximum atomic E-state index is 9.70. The fourth-order valence-corrected chi connectivity index (χ4v) is 0. The van der Waals surface area contributed by atoms with Crippen LogP contribution in [-0.4, -0.2) is 14.2 Å². The van der Waals surface area contributed by atoms with Gasteiger partial charge in [0.1, 0.15) is 0 Å². The maximum absolute atomic E-state index is 9.70. The van der Waals surface area contributed by atoms with Crippen LogP contribution in [0.15, 0.2) is 0 Å². The summed E-state index contributed by atoms with van der Waals surface area (Å²) >= 11 is 7.14. The number of hydrogen-bond acceptors (Lipinski definition) is 2. The molecule has 0 aromatic carbocycles. The van der Waals surface area contributed by atoms with Gasteiger partial charge in [0, 0.05) is 10.7 Å². The van der Waals surface area contributed by atoms with Crippen LogP contribution >= 0.6 is 71.9 Å². The summed E-state index contributed by atoms with van der Waals surface area (Å²) in [6.07, 6.45) is 0. The second kappa shape index (κ2) is 8.53. The van der Waals surface area contributed by atoms with Crippen LogP contribution in [0.25, 0.3) is 0 Å². The number of hydrogen-bond donors (Lipinski definition) is 0. The first-order chi connectivity index (χ1) is 4.29. The molecule has 0 amide bonds. The van der Waals surface area contributed by atoms with Crippen molar-refractivity contribution in [2.24, 2.45) is 0 Å². The van der Waals surface area contributed by atoms with Crippen molar-refractivity contribution in [1.29, 1.82) is 0 Å². The van der Waals surface area contributed by atoms with E-state index in [-0.39, 0.29) is 5.75 Å². The molecule has 0 heterocycles. The van der Waals surface area contributed by atoms with Crippen molar-refractivity contribution in [3.8, 4) is 0 Å². The molecule has 0 radical (unpaired) electrons. The zero-order valence-electron chi connectivity index (χ0n) is 4.48. The zero-order valence-corrected chi connectivity index (χ0v) is 13.6. The first kappa shape index (κ1) is 15.4. The molecule has 0 rings (SSSR count). The van der Waals surface area contributed by atoms with Gasteiger partial charge in [0.25, 0.3) is 0 Å². The molecule has 0 unspecified atom stereocenters. The van der Waals surface area contributed by atoms with Crippen molar-refractivity contribution in [2.75, 3.05) is 5.75 Å². The SMILES string of the molecule is [CH2-]CS(=O)(=O)Cl.[I][Co]([I])[I]. The second-order valence-corrected chi connectivity index (χ2v) is 30.1. The molecule has 0 fully saturated rings. The molecule has 0 spiro atoms. The van der Waals surface area contributed by atoms with Gasteiger partial charge < -0.3 is 6.92 Å². The minimum absolute atomic E-state index is 0.242. The third-order valence-electron chi connectivity index (χ3n) is 0.244. The molecule has 0 saturated carbocycles. The van der Waals surface area contributed by atoms with Crippen LogP contribution in [-0.2, 0) is 13.1 Å². The predicted molar refractivity (Wildman–Crippen MR) is 67.1 cm³/mol. The first-order valence-electron chi connectivity index (χ1n) is 1.65. The molecule has 2 nitrogen and oxygen atoms in total. The summed E-state index contributed by atoms with van der Waals surface area (Å²) in [6, 6.07) is 0. The molecular formula is C2H4ClCoI3O2S-. The molecule has 0 aliphatic rings. The summed E-state index contributed by atoms with van der Waals surface area (Å²) < 4.78 is 19.7. The summed E-state index contributed by atoms with van der Waals surface area (Å²) in [7, 11) is 1.33. The van der Waals surface area contributed by atoms with Gasteiger partial charge in [-0.3, -0.25) is 0 Å². The molecule has 0 aromatic rings. The quantitative estimate of drug-likeness (QED) is 0.278. The summed E-state index contributed by atoms with van der Waals surface area (Å²) in [6.45, 7) is 3.04. The van der Waals surface area contributed by atoms with Gasteiger partial charge in [-0.1, -0.05) is 5.75 Å². The molecule has 0 saturated heterocycles. The average molecular weight is 567 g/mol. The van der Waals surface area contributed by atoms with E-state index in [1.807, 2.05) is 0 Å². The van der Waals surface area contributed by atoms with Gasteiger partial charge in [0.2, 0.25) is 9.05 Å². The van der Waals surface area contributed by atoms with Crippen molar-refractivity contribution >= 4 is 81.0 Å². The van der Waals surface area contributed by atoms with Gasteiger partial charge in [-0.15, -0.1) is 0 Å². The molecular weight excluding hydrogens is 563 g/mol. The Balaban J connectivity index is 0. The molecule has 0 atom stereocenters. The monoisotopic (exact) mass is 567 g/mol. The molecule has 8 heteroatoms. The summed E-state index contributed by atoms with van der Waals surface area (Å²) in [5.41, 5.74) is 0. The first-order valence-corrected chi connectivity index (χ1v) is 14.2. The summed E-state index contributed by atoms with van der Waals surface area (Å²) in [5.74, 6) is -0.242. The third kappa shape index (κ3) is 30.6. The predicted octanol–water partition coefficient (Wildman–Crippen LogP) is 3.04. The Kier molecular flexibility index (Phi) is 13.1. The summed E-state index contributed by atoms with van der Waals surface area (Å²) in [5, 5.41) is 0. The van der Waals surface area contributed by atoms with Crippen molar-refractivity contribution in [3.05, 3.63) is 6.92 Å². The van der Waals surface area contributed by atoms with E-state index in [4.69, 9.17) is 0 Å². The van der Waals surface area contributed by atoms with E-state index in [9.17, 15) is 8.42 Å². The van der Waals surface area contributed by atoms with Gasteiger partial charge in [-0.2, -0.15) is 0 Å².